The molecule has 0 saturated heterocycles. The van der Waals surface area contributed by atoms with Crippen LogP contribution in [0.2, 0.25) is 5.02 Å². The van der Waals surface area contributed by atoms with Crippen LogP contribution in [0, 0.1) is 13.8 Å². The molecule has 0 unspecified atom stereocenters. The van der Waals surface area contributed by atoms with E-state index in [1.165, 1.54) is 23.1 Å². The van der Waals surface area contributed by atoms with Crippen LogP contribution in [0.1, 0.15) is 37.0 Å². The van der Waals surface area contributed by atoms with Crippen molar-refractivity contribution < 1.29 is 18.0 Å². The van der Waals surface area contributed by atoms with Crippen molar-refractivity contribution in [3.8, 4) is 0 Å². The summed E-state index contributed by atoms with van der Waals surface area (Å²) in [5.41, 5.74) is 2.62. The molecule has 0 heterocycles. The van der Waals surface area contributed by atoms with E-state index in [1.807, 2.05) is 38.1 Å². The van der Waals surface area contributed by atoms with E-state index in [4.69, 9.17) is 11.6 Å². The predicted molar refractivity (Wildman–Crippen MR) is 159 cm³/mol. The van der Waals surface area contributed by atoms with Crippen molar-refractivity contribution in [2.24, 2.45) is 0 Å². The summed E-state index contributed by atoms with van der Waals surface area (Å²) in [5, 5.41) is 3.17. The Morgan fingerprint density at radius 1 is 1.03 bits per heavy atom. The van der Waals surface area contributed by atoms with E-state index in [0.29, 0.717) is 22.8 Å². The molecule has 7 nitrogen and oxygen atoms in total. The fourth-order valence-electron chi connectivity index (χ4n) is 4.01. The lowest BCUT2D eigenvalue weighted by atomic mass is 10.1. The fourth-order valence-corrected chi connectivity index (χ4v) is 6.10. The van der Waals surface area contributed by atoms with E-state index in [1.54, 1.807) is 38.1 Å². The molecule has 3 aromatic carbocycles. The van der Waals surface area contributed by atoms with Crippen LogP contribution >= 0.6 is 27.5 Å². The third-order valence-corrected chi connectivity index (χ3v) is 8.79. The van der Waals surface area contributed by atoms with Gasteiger partial charge in [-0.1, -0.05) is 70.3 Å². The summed E-state index contributed by atoms with van der Waals surface area (Å²) in [6.45, 7) is 7.28. The van der Waals surface area contributed by atoms with Crippen LogP contribution in [0.25, 0.3) is 0 Å². The Kier molecular flexibility index (Phi) is 10.6. The number of hydrogen-bond donors (Lipinski definition) is 1. The van der Waals surface area contributed by atoms with Gasteiger partial charge >= 0.3 is 0 Å². The van der Waals surface area contributed by atoms with Gasteiger partial charge in [0.15, 0.2) is 0 Å². The lowest BCUT2D eigenvalue weighted by Gasteiger charge is -2.32. The highest BCUT2D eigenvalue weighted by atomic mass is 79.9. The number of anilines is 1. The molecule has 1 N–H and O–H groups in total. The number of rotatable bonds is 11. The maximum atomic E-state index is 14.0. The molecule has 0 spiro atoms. The van der Waals surface area contributed by atoms with Crippen LogP contribution in [0.5, 0.6) is 0 Å². The normalized spacial score (nSPS) is 12.1. The van der Waals surface area contributed by atoms with Crippen LogP contribution < -0.4 is 9.62 Å². The van der Waals surface area contributed by atoms with Crippen molar-refractivity contribution in [1.29, 1.82) is 0 Å². The third-order valence-electron chi connectivity index (χ3n) is 6.29. The minimum atomic E-state index is -4.16. The Balaban J connectivity index is 2.06. The third kappa shape index (κ3) is 7.84. The monoisotopic (exact) mass is 633 g/mol. The van der Waals surface area contributed by atoms with E-state index < -0.39 is 28.5 Å². The summed E-state index contributed by atoms with van der Waals surface area (Å²) in [4.78, 5) is 28.4. The molecule has 0 fully saturated rings. The number of sulfonamides is 1. The van der Waals surface area contributed by atoms with Crippen molar-refractivity contribution >= 4 is 55.1 Å². The first kappa shape index (κ1) is 30.7. The second-order valence-electron chi connectivity index (χ2n) is 9.37. The number of benzene rings is 3. The molecule has 0 saturated carbocycles. The molecule has 0 bridgehead atoms. The zero-order valence-electron chi connectivity index (χ0n) is 22.4. The molecule has 1 atom stereocenters. The number of amides is 2. The molecule has 0 aliphatic carbocycles. The van der Waals surface area contributed by atoms with E-state index in [2.05, 4.69) is 21.2 Å². The molecule has 2 amide bonds. The van der Waals surface area contributed by atoms with Gasteiger partial charge in [0.05, 0.1) is 10.6 Å². The highest BCUT2D eigenvalue weighted by molar-refractivity contribution is 9.10. The summed E-state index contributed by atoms with van der Waals surface area (Å²) in [6.07, 6.45) is 0.745. The number of carbonyl (C=O) groups is 2. The maximum Gasteiger partial charge on any atom is 0.264 e. The summed E-state index contributed by atoms with van der Waals surface area (Å²) in [7, 11) is -4.16. The molecule has 208 valence electrons. The standard InChI is InChI=1S/C29H33BrClN3O4S/c1-5-15-32-29(36)22(4)33(18-23-7-6-8-24(30)16-23)28(35)19-34(27-17-25(31)12-11-21(27)3)39(37,38)26-13-9-20(2)10-14-26/h6-14,16-17,22H,5,15,18-19H2,1-4H3,(H,32,36)/t22-/m0/s1. The van der Waals surface area contributed by atoms with Gasteiger partial charge in [-0.15, -0.1) is 0 Å². The zero-order chi connectivity index (χ0) is 28.7. The lowest BCUT2D eigenvalue weighted by Crippen LogP contribution is -2.51. The Labute approximate surface area is 244 Å². The quantitative estimate of drug-likeness (QED) is 0.286. The second kappa shape index (κ2) is 13.5. The average Bonchev–Trinajstić information content (AvgIpc) is 2.90. The van der Waals surface area contributed by atoms with Crippen molar-refractivity contribution in [2.75, 3.05) is 17.4 Å². The summed E-state index contributed by atoms with van der Waals surface area (Å²) in [6, 6.07) is 17.9. The highest BCUT2D eigenvalue weighted by Gasteiger charge is 2.33. The summed E-state index contributed by atoms with van der Waals surface area (Å²) in [5.74, 6) is -0.837. The molecule has 0 radical (unpaired) electrons. The summed E-state index contributed by atoms with van der Waals surface area (Å²) < 4.78 is 29.8. The number of nitrogens with one attached hydrogen (secondary N) is 1. The van der Waals surface area contributed by atoms with Gasteiger partial charge in [0.1, 0.15) is 12.6 Å². The lowest BCUT2D eigenvalue weighted by molar-refractivity contribution is -0.139. The average molecular weight is 635 g/mol. The SMILES string of the molecule is CCCNC(=O)[C@H](C)N(Cc1cccc(Br)c1)C(=O)CN(c1cc(Cl)ccc1C)S(=O)(=O)c1ccc(C)cc1. The Hall–Kier alpha value is -2.88. The summed E-state index contributed by atoms with van der Waals surface area (Å²) >= 11 is 9.71. The second-order valence-corrected chi connectivity index (χ2v) is 12.6. The topological polar surface area (TPSA) is 86.8 Å². The van der Waals surface area contributed by atoms with Gasteiger partial charge in [0.2, 0.25) is 11.8 Å². The van der Waals surface area contributed by atoms with E-state index >= 15 is 0 Å². The first-order chi connectivity index (χ1) is 18.4. The minimum absolute atomic E-state index is 0.0487. The largest absolute Gasteiger partial charge is 0.354 e. The highest BCUT2D eigenvalue weighted by Crippen LogP contribution is 2.30. The number of aryl methyl sites for hydroxylation is 2. The molecule has 3 rings (SSSR count). The van der Waals surface area contributed by atoms with Gasteiger partial charge in [-0.05, 0) is 74.7 Å². The fraction of sp³-hybridized carbons (Fsp3) is 0.310. The van der Waals surface area contributed by atoms with Gasteiger partial charge < -0.3 is 10.2 Å². The van der Waals surface area contributed by atoms with Crippen LogP contribution in [0.3, 0.4) is 0 Å². The smallest absolute Gasteiger partial charge is 0.264 e. The molecule has 39 heavy (non-hydrogen) atoms. The number of halogens is 2. The van der Waals surface area contributed by atoms with Crippen LogP contribution in [0.4, 0.5) is 5.69 Å². The van der Waals surface area contributed by atoms with Crippen molar-refractivity contribution in [3.63, 3.8) is 0 Å². The van der Waals surface area contributed by atoms with Gasteiger partial charge in [-0.25, -0.2) is 8.42 Å². The molecular weight excluding hydrogens is 602 g/mol. The van der Waals surface area contributed by atoms with Gasteiger partial charge in [-0.2, -0.15) is 0 Å². The minimum Gasteiger partial charge on any atom is -0.354 e. The Morgan fingerprint density at radius 3 is 2.36 bits per heavy atom. The molecule has 10 heteroatoms. The van der Waals surface area contributed by atoms with Crippen LogP contribution in [0.15, 0.2) is 76.1 Å². The predicted octanol–water partition coefficient (Wildman–Crippen LogP) is 5.86. The first-order valence-corrected chi connectivity index (χ1v) is 15.2. The molecule has 0 aromatic heterocycles. The molecular formula is C29H33BrClN3O4S. The maximum absolute atomic E-state index is 14.0. The van der Waals surface area contributed by atoms with Gasteiger partial charge in [0, 0.05) is 22.6 Å². The Morgan fingerprint density at radius 2 is 1.72 bits per heavy atom. The molecule has 3 aromatic rings. The number of nitrogens with zero attached hydrogens (tertiary/aromatic N) is 2. The van der Waals surface area contributed by atoms with Crippen molar-refractivity contribution in [3.05, 3.63) is 92.9 Å². The van der Waals surface area contributed by atoms with Gasteiger partial charge in [-0.3, -0.25) is 13.9 Å². The van der Waals surface area contributed by atoms with Crippen LogP contribution in [-0.2, 0) is 26.2 Å². The molecule has 0 aliphatic heterocycles. The zero-order valence-corrected chi connectivity index (χ0v) is 25.6. The number of hydrogen-bond acceptors (Lipinski definition) is 4. The van der Waals surface area contributed by atoms with Crippen molar-refractivity contribution in [2.45, 2.75) is 51.6 Å². The number of carbonyl (C=O) groups excluding carboxylic acids is 2. The first-order valence-electron chi connectivity index (χ1n) is 12.6. The van der Waals surface area contributed by atoms with Gasteiger partial charge in [0.25, 0.3) is 10.0 Å². The van der Waals surface area contributed by atoms with Crippen LogP contribution in [-0.4, -0.2) is 44.3 Å². The molecule has 0 aliphatic rings. The Bertz CT molecular complexity index is 1430. The van der Waals surface area contributed by atoms with Crippen molar-refractivity contribution in [1.82, 2.24) is 10.2 Å². The van der Waals surface area contributed by atoms with E-state index in [9.17, 15) is 18.0 Å². The van der Waals surface area contributed by atoms with E-state index in [0.717, 1.165) is 26.3 Å². The van der Waals surface area contributed by atoms with E-state index in [-0.39, 0.29) is 17.3 Å².